The average Bonchev–Trinajstić information content (AvgIpc) is 2.78. The molecule has 2 fully saturated rings. The van der Waals surface area contributed by atoms with Crippen molar-refractivity contribution in [3.05, 3.63) is 59.7 Å². The summed E-state index contributed by atoms with van der Waals surface area (Å²) < 4.78 is 0. The van der Waals surface area contributed by atoms with Crippen LogP contribution in [-0.2, 0) is 13.1 Å². The number of hydrogen-bond acceptors (Lipinski definition) is 4. The molecule has 2 atom stereocenters. The van der Waals surface area contributed by atoms with Gasteiger partial charge >= 0.3 is 6.03 Å². The fraction of sp³-hybridized carbons (Fsp3) is 0.500. The molecule has 2 aliphatic rings. The lowest BCUT2D eigenvalue weighted by Crippen LogP contribution is -2.51. The first-order valence-corrected chi connectivity index (χ1v) is 11.8. The van der Waals surface area contributed by atoms with Gasteiger partial charge < -0.3 is 20.2 Å². The van der Waals surface area contributed by atoms with Crippen LogP contribution in [0.5, 0.6) is 5.75 Å². The monoisotopic (exact) mass is 436 g/mol. The molecule has 0 spiro atoms. The summed E-state index contributed by atoms with van der Waals surface area (Å²) in [5.41, 5.74) is 3.46. The summed E-state index contributed by atoms with van der Waals surface area (Å²) in [4.78, 5) is 19.2. The van der Waals surface area contributed by atoms with Gasteiger partial charge in [-0.25, -0.2) is 4.79 Å². The van der Waals surface area contributed by atoms with E-state index in [-0.39, 0.29) is 11.8 Å². The first-order chi connectivity index (χ1) is 15.5. The lowest BCUT2D eigenvalue weighted by Gasteiger charge is -2.36. The van der Waals surface area contributed by atoms with Crippen LogP contribution in [0.1, 0.15) is 31.4 Å². The normalized spacial score (nSPS) is 22.1. The van der Waals surface area contributed by atoms with Crippen LogP contribution in [0, 0.1) is 11.8 Å². The smallest absolute Gasteiger partial charge is 0.317 e. The van der Waals surface area contributed by atoms with E-state index in [1.807, 2.05) is 17.0 Å². The number of anilines is 1. The van der Waals surface area contributed by atoms with Gasteiger partial charge in [-0.2, -0.15) is 0 Å². The third-order valence-corrected chi connectivity index (χ3v) is 6.58. The van der Waals surface area contributed by atoms with Gasteiger partial charge in [-0.05, 0) is 41.5 Å². The van der Waals surface area contributed by atoms with E-state index >= 15 is 0 Å². The standard InChI is InChI=1S/C26H36N4O2/c1-20-14-21(2)18-28(17-20)19-23-8-6-22(7-9-23)16-27-26(32)30-12-10-29(11-13-30)24-4-3-5-25(31)15-24/h3-9,15,20-21,31H,10-14,16-19H2,1-2H3,(H,27,32). The second-order valence-corrected chi connectivity index (χ2v) is 9.61. The zero-order valence-electron chi connectivity index (χ0n) is 19.3. The molecule has 2 aromatic carbocycles. The van der Waals surface area contributed by atoms with E-state index in [4.69, 9.17) is 0 Å². The number of piperazine rings is 1. The Hall–Kier alpha value is -2.73. The molecule has 2 aromatic rings. The third-order valence-electron chi connectivity index (χ3n) is 6.58. The molecule has 6 heteroatoms. The molecule has 2 saturated heterocycles. The third kappa shape index (κ3) is 5.94. The van der Waals surface area contributed by atoms with E-state index in [0.717, 1.165) is 42.7 Å². The quantitative estimate of drug-likeness (QED) is 0.746. The number of aromatic hydroxyl groups is 1. The molecule has 2 heterocycles. The fourth-order valence-electron chi connectivity index (χ4n) is 5.09. The number of nitrogens with one attached hydrogen (secondary N) is 1. The number of benzene rings is 2. The van der Waals surface area contributed by atoms with Crippen LogP contribution in [0.15, 0.2) is 48.5 Å². The molecule has 0 saturated carbocycles. The van der Waals surface area contributed by atoms with Gasteiger partial charge in [-0.15, -0.1) is 0 Å². The summed E-state index contributed by atoms with van der Waals surface area (Å²) in [6, 6.07) is 15.9. The maximum atomic E-state index is 12.6. The van der Waals surface area contributed by atoms with E-state index in [1.165, 1.54) is 25.1 Å². The SMILES string of the molecule is CC1CC(C)CN(Cc2ccc(CNC(=O)N3CCN(c4cccc(O)c4)CC3)cc2)C1. The highest BCUT2D eigenvalue weighted by molar-refractivity contribution is 5.74. The number of hydrogen-bond donors (Lipinski definition) is 2. The van der Waals surface area contributed by atoms with Crippen molar-refractivity contribution in [2.45, 2.75) is 33.4 Å². The predicted molar refractivity (Wildman–Crippen MR) is 129 cm³/mol. The minimum atomic E-state index is -0.0130. The highest BCUT2D eigenvalue weighted by atomic mass is 16.3. The summed E-state index contributed by atoms with van der Waals surface area (Å²) >= 11 is 0. The summed E-state index contributed by atoms with van der Waals surface area (Å²) in [6.45, 7) is 11.5. The van der Waals surface area contributed by atoms with Crippen LogP contribution in [0.25, 0.3) is 0 Å². The number of phenols is 1. The number of phenolic OH excluding ortho intramolecular Hbond substituents is 1. The molecular weight excluding hydrogens is 400 g/mol. The van der Waals surface area contributed by atoms with Crippen molar-refractivity contribution >= 4 is 11.7 Å². The van der Waals surface area contributed by atoms with E-state index in [0.29, 0.717) is 19.6 Å². The number of likely N-dealkylation sites (tertiary alicyclic amines) is 1. The van der Waals surface area contributed by atoms with Crippen molar-refractivity contribution in [3.8, 4) is 5.75 Å². The summed E-state index contributed by atoms with van der Waals surface area (Å²) in [7, 11) is 0. The van der Waals surface area contributed by atoms with Crippen LogP contribution in [0.2, 0.25) is 0 Å². The maximum Gasteiger partial charge on any atom is 0.317 e. The molecule has 6 nitrogen and oxygen atoms in total. The second kappa shape index (κ2) is 10.3. The van der Waals surface area contributed by atoms with Crippen LogP contribution in [0.3, 0.4) is 0 Å². The van der Waals surface area contributed by atoms with Crippen molar-refractivity contribution in [2.75, 3.05) is 44.2 Å². The van der Waals surface area contributed by atoms with Crippen LogP contribution >= 0.6 is 0 Å². The Morgan fingerprint density at radius 1 is 0.969 bits per heavy atom. The molecular formula is C26H36N4O2. The number of amides is 2. The van der Waals surface area contributed by atoms with Gasteiger partial charge in [-0.3, -0.25) is 4.90 Å². The van der Waals surface area contributed by atoms with Gasteiger partial charge in [-0.1, -0.05) is 44.2 Å². The molecule has 2 unspecified atom stereocenters. The van der Waals surface area contributed by atoms with Gasteiger partial charge in [0, 0.05) is 64.1 Å². The van der Waals surface area contributed by atoms with E-state index in [1.54, 1.807) is 12.1 Å². The summed E-state index contributed by atoms with van der Waals surface area (Å²) in [5.74, 6) is 1.82. The Labute approximate surface area is 191 Å². The molecule has 0 radical (unpaired) electrons. The number of nitrogens with zero attached hydrogens (tertiary/aromatic N) is 3. The molecule has 0 bridgehead atoms. The minimum absolute atomic E-state index is 0.0130. The molecule has 0 aromatic heterocycles. The fourth-order valence-corrected chi connectivity index (χ4v) is 5.09. The Balaban J connectivity index is 1.21. The van der Waals surface area contributed by atoms with Crippen molar-refractivity contribution in [2.24, 2.45) is 11.8 Å². The minimum Gasteiger partial charge on any atom is -0.508 e. The molecule has 0 aliphatic carbocycles. The lowest BCUT2D eigenvalue weighted by atomic mass is 9.91. The molecule has 172 valence electrons. The van der Waals surface area contributed by atoms with Gasteiger partial charge in [0.25, 0.3) is 0 Å². The Morgan fingerprint density at radius 3 is 2.28 bits per heavy atom. The highest BCUT2D eigenvalue weighted by Gasteiger charge is 2.22. The van der Waals surface area contributed by atoms with Gasteiger partial charge in [0.05, 0.1) is 0 Å². The van der Waals surface area contributed by atoms with Crippen LogP contribution < -0.4 is 10.2 Å². The van der Waals surface area contributed by atoms with Crippen molar-refractivity contribution in [3.63, 3.8) is 0 Å². The average molecular weight is 437 g/mol. The number of piperidine rings is 1. The van der Waals surface area contributed by atoms with Gasteiger partial charge in [0.2, 0.25) is 0 Å². The summed E-state index contributed by atoms with van der Waals surface area (Å²) in [6.07, 6.45) is 1.33. The van der Waals surface area contributed by atoms with Gasteiger partial charge in [0.1, 0.15) is 5.75 Å². The number of carbonyl (C=O) groups is 1. The van der Waals surface area contributed by atoms with Crippen LogP contribution in [0.4, 0.5) is 10.5 Å². The number of carbonyl (C=O) groups excluding carboxylic acids is 1. The van der Waals surface area contributed by atoms with Crippen molar-refractivity contribution < 1.29 is 9.90 Å². The first kappa shape index (κ1) is 22.5. The highest BCUT2D eigenvalue weighted by Crippen LogP contribution is 2.23. The van der Waals surface area contributed by atoms with Crippen molar-refractivity contribution in [1.29, 1.82) is 0 Å². The van der Waals surface area contributed by atoms with Crippen molar-refractivity contribution in [1.82, 2.24) is 15.1 Å². The molecule has 4 rings (SSSR count). The van der Waals surface area contributed by atoms with Crippen LogP contribution in [-0.4, -0.2) is 60.2 Å². The zero-order valence-corrected chi connectivity index (χ0v) is 19.3. The molecule has 2 aliphatic heterocycles. The molecule has 2 N–H and O–H groups in total. The lowest BCUT2D eigenvalue weighted by molar-refractivity contribution is 0.134. The van der Waals surface area contributed by atoms with E-state index in [9.17, 15) is 9.90 Å². The number of rotatable bonds is 5. The Morgan fingerprint density at radius 2 is 1.62 bits per heavy atom. The Kier molecular flexibility index (Phi) is 7.20. The summed E-state index contributed by atoms with van der Waals surface area (Å²) in [5, 5.41) is 12.7. The second-order valence-electron chi connectivity index (χ2n) is 9.61. The number of urea groups is 1. The topological polar surface area (TPSA) is 59.1 Å². The Bertz CT molecular complexity index is 883. The predicted octanol–water partition coefficient (Wildman–Crippen LogP) is 3.90. The zero-order chi connectivity index (χ0) is 22.5. The van der Waals surface area contributed by atoms with Gasteiger partial charge in [0.15, 0.2) is 0 Å². The van der Waals surface area contributed by atoms with E-state index < -0.39 is 0 Å². The van der Waals surface area contributed by atoms with E-state index in [2.05, 4.69) is 53.2 Å². The molecule has 32 heavy (non-hydrogen) atoms. The molecule has 2 amide bonds. The largest absolute Gasteiger partial charge is 0.508 e. The first-order valence-electron chi connectivity index (χ1n) is 11.8. The maximum absolute atomic E-state index is 12.6.